The van der Waals surface area contributed by atoms with Crippen molar-refractivity contribution in [3.8, 4) is 0 Å². The molecule has 0 spiro atoms. The number of carbonyl (C=O) groups is 1. The molecule has 4 heteroatoms. The fraction of sp³-hybridized carbons (Fsp3) is 0.364. The highest BCUT2D eigenvalue weighted by Gasteiger charge is 2.23. The molecule has 0 radical (unpaired) electrons. The first-order valence-electron chi connectivity index (χ1n) is 4.74. The van der Waals surface area contributed by atoms with Crippen LogP contribution in [0.1, 0.15) is 22.7 Å². The Morgan fingerprint density at radius 3 is 2.40 bits per heavy atom. The molecule has 1 rings (SSSR count). The minimum absolute atomic E-state index is 0.664. The van der Waals surface area contributed by atoms with Gasteiger partial charge < -0.3 is 16.6 Å². The van der Waals surface area contributed by atoms with Crippen LogP contribution in [0.2, 0.25) is 0 Å². The van der Waals surface area contributed by atoms with E-state index >= 15 is 0 Å². The van der Waals surface area contributed by atoms with E-state index in [1.807, 2.05) is 32.0 Å². The maximum Gasteiger partial charge on any atom is 0.322 e. The molecule has 1 aromatic rings. The van der Waals surface area contributed by atoms with Crippen LogP contribution >= 0.6 is 0 Å². The Hall–Kier alpha value is -1.39. The first kappa shape index (κ1) is 11.7. The van der Waals surface area contributed by atoms with Gasteiger partial charge in [0.15, 0.2) is 0 Å². The topological polar surface area (TPSA) is 89.3 Å². The van der Waals surface area contributed by atoms with Gasteiger partial charge in [-0.25, -0.2) is 0 Å². The normalized spacial score (nSPS) is 14.7. The molecule has 0 aliphatic rings. The molecular formula is C11H16N2O2. The van der Waals surface area contributed by atoms with E-state index in [9.17, 15) is 4.79 Å². The van der Waals surface area contributed by atoms with Crippen molar-refractivity contribution in [3.63, 3.8) is 0 Å². The van der Waals surface area contributed by atoms with Crippen molar-refractivity contribution in [2.45, 2.75) is 25.9 Å². The molecule has 1 aromatic carbocycles. The highest BCUT2D eigenvalue weighted by molar-refractivity contribution is 5.74. The zero-order chi connectivity index (χ0) is 11.6. The molecule has 5 N–H and O–H groups in total. The molecule has 0 aliphatic carbocycles. The molecule has 0 bridgehead atoms. The summed E-state index contributed by atoms with van der Waals surface area (Å²) in [5.74, 6) is -1.08. The Morgan fingerprint density at radius 2 is 1.93 bits per heavy atom. The van der Waals surface area contributed by atoms with Crippen molar-refractivity contribution in [1.29, 1.82) is 0 Å². The number of hydrogen-bond donors (Lipinski definition) is 3. The third-order valence-corrected chi connectivity index (χ3v) is 2.46. The maximum atomic E-state index is 10.7. The summed E-state index contributed by atoms with van der Waals surface area (Å²) in [4.78, 5) is 10.7. The van der Waals surface area contributed by atoms with Gasteiger partial charge in [0, 0.05) is 0 Å². The van der Waals surface area contributed by atoms with Gasteiger partial charge in [0.1, 0.15) is 6.04 Å². The van der Waals surface area contributed by atoms with Crippen molar-refractivity contribution >= 4 is 5.97 Å². The molecule has 0 fully saturated rings. The van der Waals surface area contributed by atoms with Crippen LogP contribution in [-0.2, 0) is 4.79 Å². The van der Waals surface area contributed by atoms with Gasteiger partial charge in [0.25, 0.3) is 0 Å². The second-order valence-electron chi connectivity index (χ2n) is 3.75. The van der Waals surface area contributed by atoms with Gasteiger partial charge in [-0.3, -0.25) is 4.79 Å². The summed E-state index contributed by atoms with van der Waals surface area (Å²) in [6.45, 7) is 3.87. The quantitative estimate of drug-likeness (QED) is 0.682. The van der Waals surface area contributed by atoms with Crippen LogP contribution in [0.25, 0.3) is 0 Å². The lowest BCUT2D eigenvalue weighted by Crippen LogP contribution is -2.41. The number of benzene rings is 1. The Balaban J connectivity index is 3.01. The smallest absolute Gasteiger partial charge is 0.322 e. The predicted octanol–water partition coefficient (Wildman–Crippen LogP) is 0.715. The summed E-state index contributed by atoms with van der Waals surface area (Å²) < 4.78 is 0. The first-order valence-corrected chi connectivity index (χ1v) is 4.74. The van der Waals surface area contributed by atoms with Crippen molar-refractivity contribution in [2.24, 2.45) is 11.5 Å². The molecule has 0 heterocycles. The van der Waals surface area contributed by atoms with E-state index in [-0.39, 0.29) is 0 Å². The van der Waals surface area contributed by atoms with Gasteiger partial charge in [-0.05, 0) is 25.0 Å². The van der Waals surface area contributed by atoms with Gasteiger partial charge in [-0.15, -0.1) is 0 Å². The second-order valence-corrected chi connectivity index (χ2v) is 3.75. The summed E-state index contributed by atoms with van der Waals surface area (Å²) in [6, 6.07) is 3.97. The summed E-state index contributed by atoms with van der Waals surface area (Å²) in [6.07, 6.45) is 0. The number of aryl methyl sites for hydroxylation is 2. The van der Waals surface area contributed by atoms with E-state index in [1.165, 1.54) is 0 Å². The van der Waals surface area contributed by atoms with E-state index in [4.69, 9.17) is 16.6 Å². The monoisotopic (exact) mass is 208 g/mol. The molecular weight excluding hydrogens is 192 g/mol. The molecule has 0 amide bonds. The number of carboxylic acid groups (broad SMARTS) is 1. The fourth-order valence-corrected chi connectivity index (χ4v) is 1.55. The maximum absolute atomic E-state index is 10.7. The standard InChI is InChI=1S/C11H16N2O2/c1-6-3-4-8(7(2)5-6)9(12)10(13)11(14)15/h3-5,9-10H,12-13H2,1-2H3,(H,14,15). The minimum atomic E-state index is -1.08. The van der Waals surface area contributed by atoms with Crippen molar-refractivity contribution in [3.05, 3.63) is 34.9 Å². The number of aliphatic carboxylic acids is 1. The largest absolute Gasteiger partial charge is 0.480 e. The number of rotatable bonds is 3. The van der Waals surface area contributed by atoms with Crippen LogP contribution in [0.15, 0.2) is 18.2 Å². The molecule has 4 nitrogen and oxygen atoms in total. The fourth-order valence-electron chi connectivity index (χ4n) is 1.55. The number of carboxylic acids is 1. The van der Waals surface area contributed by atoms with E-state index in [0.717, 1.165) is 16.7 Å². The molecule has 82 valence electrons. The van der Waals surface area contributed by atoms with Crippen molar-refractivity contribution in [2.75, 3.05) is 0 Å². The summed E-state index contributed by atoms with van der Waals surface area (Å²) >= 11 is 0. The Morgan fingerprint density at radius 1 is 1.33 bits per heavy atom. The third kappa shape index (κ3) is 2.55. The molecule has 0 aliphatic heterocycles. The SMILES string of the molecule is Cc1ccc(C(N)C(N)C(=O)O)c(C)c1. The van der Waals surface area contributed by atoms with Crippen LogP contribution in [0.3, 0.4) is 0 Å². The molecule has 2 atom stereocenters. The van der Waals surface area contributed by atoms with Crippen LogP contribution < -0.4 is 11.5 Å². The Kier molecular flexibility index (Phi) is 3.44. The van der Waals surface area contributed by atoms with Gasteiger partial charge >= 0.3 is 5.97 Å². The average molecular weight is 208 g/mol. The van der Waals surface area contributed by atoms with E-state index in [0.29, 0.717) is 0 Å². The lowest BCUT2D eigenvalue weighted by Gasteiger charge is -2.18. The van der Waals surface area contributed by atoms with Gasteiger partial charge in [0.05, 0.1) is 6.04 Å². The number of nitrogens with two attached hydrogens (primary N) is 2. The van der Waals surface area contributed by atoms with Crippen LogP contribution in [0.5, 0.6) is 0 Å². The molecule has 2 unspecified atom stereocenters. The predicted molar refractivity (Wildman–Crippen MR) is 58.5 cm³/mol. The van der Waals surface area contributed by atoms with E-state index < -0.39 is 18.1 Å². The van der Waals surface area contributed by atoms with Crippen LogP contribution in [0, 0.1) is 13.8 Å². The lowest BCUT2D eigenvalue weighted by molar-refractivity contribution is -0.139. The highest BCUT2D eigenvalue weighted by Crippen LogP contribution is 2.19. The molecule has 0 saturated heterocycles. The first-order chi connectivity index (χ1) is 6.93. The van der Waals surface area contributed by atoms with Crippen molar-refractivity contribution in [1.82, 2.24) is 0 Å². The Bertz CT molecular complexity index is 377. The molecule has 15 heavy (non-hydrogen) atoms. The molecule has 0 saturated carbocycles. The van der Waals surface area contributed by atoms with Gasteiger partial charge in [0.2, 0.25) is 0 Å². The summed E-state index contributed by atoms with van der Waals surface area (Å²) in [5.41, 5.74) is 14.1. The van der Waals surface area contributed by atoms with Gasteiger partial charge in [-0.2, -0.15) is 0 Å². The third-order valence-electron chi connectivity index (χ3n) is 2.46. The summed E-state index contributed by atoms with van der Waals surface area (Å²) in [5, 5.41) is 8.75. The average Bonchev–Trinajstić information content (AvgIpc) is 2.15. The second kappa shape index (κ2) is 4.42. The summed E-state index contributed by atoms with van der Waals surface area (Å²) in [7, 11) is 0. The zero-order valence-corrected chi connectivity index (χ0v) is 8.90. The van der Waals surface area contributed by atoms with Crippen LogP contribution in [0.4, 0.5) is 0 Å². The van der Waals surface area contributed by atoms with Crippen LogP contribution in [-0.4, -0.2) is 17.1 Å². The zero-order valence-electron chi connectivity index (χ0n) is 8.90. The number of hydrogen-bond acceptors (Lipinski definition) is 3. The van der Waals surface area contributed by atoms with Crippen molar-refractivity contribution < 1.29 is 9.90 Å². The Labute approximate surface area is 88.9 Å². The molecule has 0 aromatic heterocycles. The highest BCUT2D eigenvalue weighted by atomic mass is 16.4. The van der Waals surface area contributed by atoms with E-state index in [1.54, 1.807) is 0 Å². The van der Waals surface area contributed by atoms with Gasteiger partial charge in [-0.1, -0.05) is 23.8 Å². The van der Waals surface area contributed by atoms with E-state index in [2.05, 4.69) is 0 Å². The minimum Gasteiger partial charge on any atom is -0.480 e. The lowest BCUT2D eigenvalue weighted by atomic mass is 9.95.